The van der Waals surface area contributed by atoms with Gasteiger partial charge in [-0.2, -0.15) is 0 Å². The molecule has 94 valence electrons. The van der Waals surface area contributed by atoms with Gasteiger partial charge in [0.05, 0.1) is 6.54 Å². The van der Waals surface area contributed by atoms with Crippen molar-refractivity contribution in [3.8, 4) is 0 Å². The van der Waals surface area contributed by atoms with Gasteiger partial charge in [-0.25, -0.2) is 0 Å². The fourth-order valence-corrected chi connectivity index (χ4v) is 2.47. The molecule has 1 aliphatic rings. The first-order valence-electron chi connectivity index (χ1n) is 6.30. The maximum atomic E-state index is 12.0. The average Bonchev–Trinajstić information content (AvgIpc) is 2.72. The Morgan fingerprint density at radius 2 is 2.41 bits per heavy atom. The molecule has 1 amide bonds. The third kappa shape index (κ3) is 3.09. The van der Waals surface area contributed by atoms with Crippen LogP contribution in [0.3, 0.4) is 0 Å². The number of rotatable bonds is 3. The van der Waals surface area contributed by atoms with E-state index in [2.05, 4.69) is 5.32 Å². The molecule has 4 heteroatoms. The molecule has 0 radical (unpaired) electrons. The summed E-state index contributed by atoms with van der Waals surface area (Å²) >= 11 is 0. The van der Waals surface area contributed by atoms with E-state index >= 15 is 0 Å². The molecule has 1 heterocycles. The SMILES string of the molecule is Cn1cccc1CNC(=O)C1CCCC(N)C1. The molecular weight excluding hydrogens is 214 g/mol. The van der Waals surface area contributed by atoms with E-state index in [1.165, 1.54) is 0 Å². The summed E-state index contributed by atoms with van der Waals surface area (Å²) in [4.78, 5) is 12.0. The van der Waals surface area contributed by atoms with Crippen molar-refractivity contribution in [3.05, 3.63) is 24.0 Å². The number of nitrogens with zero attached hydrogens (tertiary/aromatic N) is 1. The molecule has 0 spiro atoms. The summed E-state index contributed by atoms with van der Waals surface area (Å²) in [6, 6.07) is 4.21. The molecule has 3 N–H and O–H groups in total. The van der Waals surface area contributed by atoms with Crippen molar-refractivity contribution < 1.29 is 4.79 Å². The molecule has 0 saturated heterocycles. The number of hydrogen-bond donors (Lipinski definition) is 2. The fourth-order valence-electron chi connectivity index (χ4n) is 2.47. The van der Waals surface area contributed by atoms with E-state index in [4.69, 9.17) is 5.73 Å². The number of nitrogens with one attached hydrogen (secondary N) is 1. The zero-order valence-corrected chi connectivity index (χ0v) is 10.4. The molecule has 4 nitrogen and oxygen atoms in total. The Kier molecular flexibility index (Phi) is 3.84. The second-order valence-electron chi connectivity index (χ2n) is 4.95. The third-order valence-electron chi connectivity index (χ3n) is 3.58. The van der Waals surface area contributed by atoms with Crippen LogP contribution in [0.4, 0.5) is 0 Å². The zero-order chi connectivity index (χ0) is 12.3. The topological polar surface area (TPSA) is 60.0 Å². The molecule has 1 aromatic heterocycles. The molecule has 2 atom stereocenters. The Labute approximate surface area is 102 Å². The Morgan fingerprint density at radius 3 is 3.06 bits per heavy atom. The summed E-state index contributed by atoms with van der Waals surface area (Å²) in [5.41, 5.74) is 7.02. The molecule has 0 aromatic carbocycles. The fraction of sp³-hybridized carbons (Fsp3) is 0.615. The maximum absolute atomic E-state index is 12.0. The number of nitrogens with two attached hydrogens (primary N) is 1. The minimum atomic E-state index is 0.110. The molecule has 0 bridgehead atoms. The van der Waals surface area contributed by atoms with Crippen LogP contribution >= 0.6 is 0 Å². The van der Waals surface area contributed by atoms with Crippen molar-refractivity contribution >= 4 is 5.91 Å². The van der Waals surface area contributed by atoms with Crippen LogP contribution in [-0.2, 0) is 18.4 Å². The predicted molar refractivity (Wildman–Crippen MR) is 67.2 cm³/mol. The lowest BCUT2D eigenvalue weighted by Gasteiger charge is -2.25. The number of carbonyl (C=O) groups is 1. The predicted octanol–water partition coefficient (Wildman–Crippen LogP) is 1.16. The van der Waals surface area contributed by atoms with Gasteiger partial charge in [-0.15, -0.1) is 0 Å². The monoisotopic (exact) mass is 235 g/mol. The largest absolute Gasteiger partial charge is 0.353 e. The summed E-state index contributed by atoms with van der Waals surface area (Å²) in [5, 5.41) is 3.00. The summed E-state index contributed by atoms with van der Waals surface area (Å²) in [5.74, 6) is 0.264. The van der Waals surface area contributed by atoms with Crippen LogP contribution in [0.1, 0.15) is 31.4 Å². The van der Waals surface area contributed by atoms with Gasteiger partial charge in [-0.3, -0.25) is 4.79 Å². The van der Waals surface area contributed by atoms with Crippen molar-refractivity contribution in [1.29, 1.82) is 0 Å². The Bertz CT molecular complexity index is 386. The number of amides is 1. The van der Waals surface area contributed by atoms with Gasteiger partial charge in [0.1, 0.15) is 0 Å². The molecular formula is C13H21N3O. The molecule has 17 heavy (non-hydrogen) atoms. The van der Waals surface area contributed by atoms with Crippen molar-refractivity contribution in [3.63, 3.8) is 0 Å². The highest BCUT2D eigenvalue weighted by atomic mass is 16.1. The number of hydrogen-bond acceptors (Lipinski definition) is 2. The first-order chi connectivity index (χ1) is 8.16. The van der Waals surface area contributed by atoms with Crippen LogP contribution in [0.5, 0.6) is 0 Å². The minimum absolute atomic E-state index is 0.110. The molecule has 2 rings (SSSR count). The van der Waals surface area contributed by atoms with Gasteiger partial charge in [-0.05, 0) is 31.4 Å². The average molecular weight is 235 g/mol. The van der Waals surface area contributed by atoms with Crippen LogP contribution < -0.4 is 11.1 Å². The van der Waals surface area contributed by atoms with Crippen molar-refractivity contribution in [2.75, 3.05) is 0 Å². The van der Waals surface area contributed by atoms with Gasteiger partial charge >= 0.3 is 0 Å². The Balaban J connectivity index is 1.83. The smallest absolute Gasteiger partial charge is 0.223 e. The van der Waals surface area contributed by atoms with E-state index in [1.54, 1.807) is 0 Å². The molecule has 2 unspecified atom stereocenters. The summed E-state index contributed by atoms with van der Waals surface area (Å²) in [6.45, 7) is 0.605. The number of aryl methyl sites for hydroxylation is 1. The third-order valence-corrected chi connectivity index (χ3v) is 3.58. The summed E-state index contributed by atoms with van der Waals surface area (Å²) < 4.78 is 2.02. The lowest BCUT2D eigenvalue weighted by atomic mass is 9.85. The highest BCUT2D eigenvalue weighted by Crippen LogP contribution is 2.23. The maximum Gasteiger partial charge on any atom is 0.223 e. The van der Waals surface area contributed by atoms with Crippen LogP contribution in [0.25, 0.3) is 0 Å². The van der Waals surface area contributed by atoms with Gasteiger partial charge < -0.3 is 15.6 Å². The summed E-state index contributed by atoms with van der Waals surface area (Å²) in [6.07, 6.45) is 5.93. The number of aromatic nitrogens is 1. The second-order valence-corrected chi connectivity index (χ2v) is 4.95. The molecule has 1 fully saturated rings. The molecule has 0 aliphatic heterocycles. The van der Waals surface area contributed by atoms with E-state index in [-0.39, 0.29) is 17.9 Å². The molecule has 1 aliphatic carbocycles. The minimum Gasteiger partial charge on any atom is -0.353 e. The van der Waals surface area contributed by atoms with E-state index in [0.29, 0.717) is 6.54 Å². The van der Waals surface area contributed by atoms with Gasteiger partial charge in [0.25, 0.3) is 0 Å². The van der Waals surface area contributed by atoms with E-state index < -0.39 is 0 Å². The summed E-state index contributed by atoms with van der Waals surface area (Å²) in [7, 11) is 1.98. The Morgan fingerprint density at radius 1 is 1.59 bits per heavy atom. The normalized spacial score (nSPS) is 24.6. The standard InChI is InChI=1S/C13H21N3O/c1-16-7-3-6-12(16)9-15-13(17)10-4-2-5-11(14)8-10/h3,6-7,10-11H,2,4-5,8-9,14H2,1H3,(H,15,17). The van der Waals surface area contributed by atoms with E-state index in [0.717, 1.165) is 31.4 Å². The van der Waals surface area contributed by atoms with Gasteiger partial charge in [0, 0.05) is 30.9 Å². The van der Waals surface area contributed by atoms with Crippen LogP contribution in [-0.4, -0.2) is 16.5 Å². The number of carbonyl (C=O) groups excluding carboxylic acids is 1. The van der Waals surface area contributed by atoms with E-state index in [1.807, 2.05) is 29.9 Å². The van der Waals surface area contributed by atoms with Gasteiger partial charge in [0.2, 0.25) is 5.91 Å². The second kappa shape index (κ2) is 5.36. The van der Waals surface area contributed by atoms with Crippen molar-refractivity contribution in [2.45, 2.75) is 38.3 Å². The van der Waals surface area contributed by atoms with Gasteiger partial charge in [-0.1, -0.05) is 6.42 Å². The lowest BCUT2D eigenvalue weighted by molar-refractivity contribution is -0.126. The Hall–Kier alpha value is -1.29. The van der Waals surface area contributed by atoms with E-state index in [9.17, 15) is 4.79 Å². The highest BCUT2D eigenvalue weighted by Gasteiger charge is 2.24. The van der Waals surface area contributed by atoms with Crippen molar-refractivity contribution in [1.82, 2.24) is 9.88 Å². The molecule has 1 aromatic rings. The lowest BCUT2D eigenvalue weighted by Crippen LogP contribution is -2.37. The van der Waals surface area contributed by atoms with Gasteiger partial charge in [0.15, 0.2) is 0 Å². The van der Waals surface area contributed by atoms with Crippen LogP contribution in [0.2, 0.25) is 0 Å². The quantitative estimate of drug-likeness (QED) is 0.826. The van der Waals surface area contributed by atoms with Crippen LogP contribution in [0, 0.1) is 5.92 Å². The van der Waals surface area contributed by atoms with Crippen molar-refractivity contribution in [2.24, 2.45) is 18.7 Å². The first-order valence-corrected chi connectivity index (χ1v) is 6.30. The first kappa shape index (κ1) is 12.2. The molecule has 1 saturated carbocycles. The zero-order valence-electron chi connectivity index (χ0n) is 10.4. The van der Waals surface area contributed by atoms with Crippen LogP contribution in [0.15, 0.2) is 18.3 Å². The highest BCUT2D eigenvalue weighted by molar-refractivity contribution is 5.78.